The molecule has 190 valence electrons. The van der Waals surface area contributed by atoms with E-state index in [-0.39, 0.29) is 34.7 Å². The third kappa shape index (κ3) is 3.89. The number of hydrogen-bond acceptors (Lipinski definition) is 7. The van der Waals surface area contributed by atoms with E-state index in [1.165, 1.54) is 13.0 Å². The zero-order valence-corrected chi connectivity index (χ0v) is 20.6. The number of carbonyl (C=O) groups is 1. The fraction of sp³-hybridized carbons (Fsp3) is 0.385. The molecule has 3 aromatic heterocycles. The fourth-order valence-electron chi connectivity index (χ4n) is 5.41. The largest absolute Gasteiger partial charge is 0.376 e. The third-order valence-electron chi connectivity index (χ3n) is 7.55. The number of aromatic amines is 1. The minimum absolute atomic E-state index is 0.0112. The van der Waals surface area contributed by atoms with Gasteiger partial charge in [-0.1, -0.05) is 12.0 Å². The summed E-state index contributed by atoms with van der Waals surface area (Å²) < 4.78 is 22.6. The number of H-pyrrole nitrogens is 1. The van der Waals surface area contributed by atoms with Crippen LogP contribution in [0.4, 0.5) is 16.0 Å². The zero-order chi connectivity index (χ0) is 25.7. The summed E-state index contributed by atoms with van der Waals surface area (Å²) >= 11 is 0. The van der Waals surface area contributed by atoms with Crippen molar-refractivity contribution < 1.29 is 13.9 Å². The number of amides is 1. The van der Waals surface area contributed by atoms with Crippen molar-refractivity contribution in [3.63, 3.8) is 0 Å². The molecule has 0 saturated carbocycles. The topological polar surface area (TPSA) is 126 Å². The van der Waals surface area contributed by atoms with Crippen LogP contribution in [0.15, 0.2) is 30.6 Å². The number of piperidine rings is 1. The van der Waals surface area contributed by atoms with Crippen molar-refractivity contribution in [2.45, 2.75) is 38.8 Å². The lowest BCUT2D eigenvalue weighted by atomic mass is 9.73. The molecule has 1 spiro atoms. The maximum atomic E-state index is 14.8. The Hall–Kier alpha value is -4.01. The number of nitrogens with one attached hydrogen (secondary N) is 2. The van der Waals surface area contributed by atoms with Gasteiger partial charge in [0.25, 0.3) is 0 Å². The molecule has 0 unspecified atom stereocenters. The lowest BCUT2D eigenvalue weighted by Crippen LogP contribution is -2.51. The van der Waals surface area contributed by atoms with E-state index in [2.05, 4.69) is 37.2 Å². The number of benzene rings is 1. The Morgan fingerprint density at radius 3 is 2.86 bits per heavy atom. The monoisotopic (exact) mass is 502 g/mol. The lowest BCUT2D eigenvalue weighted by molar-refractivity contribution is -0.114. The summed E-state index contributed by atoms with van der Waals surface area (Å²) in [7, 11) is 0. The van der Waals surface area contributed by atoms with Crippen LogP contribution in [0, 0.1) is 23.1 Å². The van der Waals surface area contributed by atoms with Crippen molar-refractivity contribution in [2.24, 2.45) is 11.1 Å². The van der Waals surface area contributed by atoms with E-state index in [1.807, 2.05) is 17.5 Å². The molecular weight excluding hydrogens is 475 g/mol. The Bertz CT molecular complexity index is 1570. The fourth-order valence-corrected chi connectivity index (χ4v) is 5.41. The first-order valence-electron chi connectivity index (χ1n) is 12.3. The Balaban J connectivity index is 1.33. The molecule has 11 heteroatoms. The first kappa shape index (κ1) is 23.4. The second-order valence-electron chi connectivity index (χ2n) is 9.82. The number of nitrogens with two attached hydrogens (primary N) is 1. The van der Waals surface area contributed by atoms with E-state index in [4.69, 9.17) is 15.5 Å². The van der Waals surface area contributed by atoms with Gasteiger partial charge in [0, 0.05) is 43.9 Å². The highest BCUT2D eigenvalue weighted by molar-refractivity contribution is 5.94. The van der Waals surface area contributed by atoms with Crippen LogP contribution >= 0.6 is 0 Å². The predicted molar refractivity (Wildman–Crippen MR) is 137 cm³/mol. The number of ether oxygens (including phenoxy) is 1. The smallest absolute Gasteiger partial charge is 0.221 e. The van der Waals surface area contributed by atoms with Gasteiger partial charge in [0.2, 0.25) is 11.9 Å². The van der Waals surface area contributed by atoms with Crippen molar-refractivity contribution in [1.82, 2.24) is 24.6 Å². The Morgan fingerprint density at radius 1 is 1.32 bits per heavy atom. The molecule has 6 rings (SSSR count). The van der Waals surface area contributed by atoms with Gasteiger partial charge in [0.1, 0.15) is 5.69 Å². The molecule has 0 aliphatic carbocycles. The maximum Gasteiger partial charge on any atom is 0.221 e. The van der Waals surface area contributed by atoms with Gasteiger partial charge in [-0.2, -0.15) is 10.1 Å². The molecule has 2 aliphatic rings. The molecule has 1 aromatic carbocycles. The summed E-state index contributed by atoms with van der Waals surface area (Å²) in [4.78, 5) is 23.0. The number of imidazole rings is 1. The molecule has 0 bridgehead atoms. The molecule has 0 radical (unpaired) electrons. The molecule has 4 aromatic rings. The van der Waals surface area contributed by atoms with Crippen LogP contribution in [0.2, 0.25) is 0 Å². The highest BCUT2D eigenvalue weighted by Gasteiger charge is 2.47. The average Bonchev–Trinajstić information content (AvgIpc) is 3.59. The Labute approximate surface area is 212 Å². The molecule has 2 aliphatic heterocycles. The number of hydrogen-bond donors (Lipinski definition) is 3. The SMILES string of the molecule is CC(=O)Nc1cccc(C#Cc2n[nH]c3nc(N4CCC5(CC4)CO[C@@H](C)[C@H]5N)n4ccnc4c23)c1F. The molecule has 4 N–H and O–H groups in total. The molecule has 1 amide bonds. The number of nitrogens with zero attached hydrogens (tertiary/aromatic N) is 5. The van der Waals surface area contributed by atoms with Crippen LogP contribution in [0.3, 0.4) is 0 Å². The number of anilines is 2. The van der Waals surface area contributed by atoms with Gasteiger partial charge in [0.15, 0.2) is 17.1 Å². The molecule has 5 heterocycles. The minimum atomic E-state index is -0.596. The number of aromatic nitrogens is 5. The molecular formula is C26H27FN8O2. The van der Waals surface area contributed by atoms with Crippen molar-refractivity contribution >= 4 is 34.2 Å². The summed E-state index contributed by atoms with van der Waals surface area (Å²) in [5, 5.41) is 10.4. The van der Waals surface area contributed by atoms with E-state index < -0.39 is 5.82 Å². The second kappa shape index (κ2) is 8.83. The number of fused-ring (bicyclic) bond motifs is 3. The first-order chi connectivity index (χ1) is 17.9. The minimum Gasteiger partial charge on any atom is -0.376 e. The highest BCUT2D eigenvalue weighted by Crippen LogP contribution is 2.42. The lowest BCUT2D eigenvalue weighted by Gasteiger charge is -2.41. The van der Waals surface area contributed by atoms with Crippen LogP contribution in [0.5, 0.6) is 0 Å². The molecule has 37 heavy (non-hydrogen) atoms. The van der Waals surface area contributed by atoms with Gasteiger partial charge in [-0.25, -0.2) is 9.37 Å². The maximum absolute atomic E-state index is 14.8. The van der Waals surface area contributed by atoms with E-state index in [0.29, 0.717) is 29.0 Å². The first-order valence-corrected chi connectivity index (χ1v) is 12.3. The van der Waals surface area contributed by atoms with E-state index >= 15 is 0 Å². The second-order valence-corrected chi connectivity index (χ2v) is 9.82. The normalized spacial score (nSPS) is 20.9. The van der Waals surface area contributed by atoms with Gasteiger partial charge in [-0.05, 0) is 37.8 Å². The van der Waals surface area contributed by atoms with Crippen LogP contribution in [0.1, 0.15) is 37.9 Å². The summed E-state index contributed by atoms with van der Waals surface area (Å²) in [5.74, 6) is 5.60. The van der Waals surface area contributed by atoms with E-state index in [1.54, 1.807) is 18.3 Å². The summed E-state index contributed by atoms with van der Waals surface area (Å²) in [6.45, 7) is 5.68. The number of halogens is 1. The van der Waals surface area contributed by atoms with Crippen LogP contribution in [-0.4, -0.2) is 62.3 Å². The number of rotatable bonds is 2. The van der Waals surface area contributed by atoms with Crippen LogP contribution in [0.25, 0.3) is 16.7 Å². The van der Waals surface area contributed by atoms with Crippen molar-refractivity contribution in [3.05, 3.63) is 47.7 Å². The Kier molecular flexibility index (Phi) is 5.58. The summed E-state index contributed by atoms with van der Waals surface area (Å²) in [5.41, 5.74) is 8.37. The van der Waals surface area contributed by atoms with Gasteiger partial charge in [-0.3, -0.25) is 14.3 Å². The van der Waals surface area contributed by atoms with Crippen molar-refractivity contribution in [1.29, 1.82) is 0 Å². The van der Waals surface area contributed by atoms with Gasteiger partial charge < -0.3 is 20.7 Å². The third-order valence-corrected chi connectivity index (χ3v) is 7.55. The predicted octanol–water partition coefficient (Wildman–Crippen LogP) is 2.44. The van der Waals surface area contributed by atoms with Gasteiger partial charge >= 0.3 is 0 Å². The van der Waals surface area contributed by atoms with Crippen molar-refractivity contribution in [2.75, 3.05) is 29.9 Å². The van der Waals surface area contributed by atoms with Gasteiger partial charge in [-0.15, -0.1) is 0 Å². The van der Waals surface area contributed by atoms with E-state index in [9.17, 15) is 9.18 Å². The van der Waals surface area contributed by atoms with Crippen molar-refractivity contribution in [3.8, 4) is 11.8 Å². The molecule has 2 fully saturated rings. The quantitative estimate of drug-likeness (QED) is 0.360. The molecule has 2 atom stereocenters. The highest BCUT2D eigenvalue weighted by atomic mass is 19.1. The average molecular weight is 503 g/mol. The van der Waals surface area contributed by atoms with Crippen LogP contribution < -0.4 is 16.0 Å². The van der Waals surface area contributed by atoms with Crippen LogP contribution in [-0.2, 0) is 9.53 Å². The summed E-state index contributed by atoms with van der Waals surface area (Å²) in [6, 6.07) is 4.71. The zero-order valence-electron chi connectivity index (χ0n) is 20.6. The standard InChI is InChI=1S/C26H27FN8O2/c1-15-22(28)26(14-37-15)8-11-34(12-9-26)25-31-23-20(24-29-10-13-35(24)25)18(32-33-23)7-6-17-4-3-5-19(21(17)27)30-16(2)36/h3-5,10,13,15,22H,8-9,11-12,14,28H2,1-2H3,(H,30,36)(H,32,33)/t15-,22+/m0/s1. The Morgan fingerprint density at radius 2 is 2.14 bits per heavy atom. The summed E-state index contributed by atoms with van der Waals surface area (Å²) in [6.07, 6.45) is 5.52. The molecule has 2 saturated heterocycles. The number of carbonyl (C=O) groups excluding carboxylic acids is 1. The van der Waals surface area contributed by atoms with Gasteiger partial charge in [0.05, 0.1) is 29.3 Å². The molecule has 10 nitrogen and oxygen atoms in total. The van der Waals surface area contributed by atoms with E-state index in [0.717, 1.165) is 31.9 Å².